The SMILES string of the molecule is COC(=O)CC1c2cc(C)cc(F)c2NC(=O)N1c1cc(C(F)(F)F)ccc1OC. The monoisotopic (exact) mass is 426 g/mol. The lowest BCUT2D eigenvalue weighted by Crippen LogP contribution is -2.44. The number of anilines is 2. The van der Waals surface area contributed by atoms with E-state index in [0.717, 1.165) is 30.2 Å². The van der Waals surface area contributed by atoms with Gasteiger partial charge in [-0.05, 0) is 36.8 Å². The summed E-state index contributed by atoms with van der Waals surface area (Å²) in [6, 6.07) is 3.38. The number of esters is 1. The van der Waals surface area contributed by atoms with E-state index < -0.39 is 42.0 Å². The lowest BCUT2D eigenvalue weighted by Gasteiger charge is -2.38. The number of ether oxygens (including phenoxy) is 2. The van der Waals surface area contributed by atoms with Gasteiger partial charge in [0, 0.05) is 5.56 Å². The number of carbonyl (C=O) groups is 2. The molecule has 2 aromatic carbocycles. The molecule has 0 saturated carbocycles. The molecule has 2 amide bonds. The molecule has 2 aromatic rings. The molecule has 0 aromatic heterocycles. The lowest BCUT2D eigenvalue weighted by atomic mass is 9.94. The molecule has 1 aliphatic rings. The number of amides is 2. The number of benzene rings is 2. The Balaban J connectivity index is 2.24. The van der Waals surface area contributed by atoms with Crippen LogP contribution in [0.15, 0.2) is 30.3 Å². The number of hydrogen-bond donors (Lipinski definition) is 1. The second-order valence-corrected chi connectivity index (χ2v) is 6.69. The Kier molecular flexibility index (Phi) is 5.60. The van der Waals surface area contributed by atoms with Gasteiger partial charge < -0.3 is 14.8 Å². The first-order chi connectivity index (χ1) is 14.1. The van der Waals surface area contributed by atoms with E-state index in [0.29, 0.717) is 5.56 Å². The maximum absolute atomic E-state index is 14.5. The summed E-state index contributed by atoms with van der Waals surface area (Å²) in [5.74, 6) is -1.47. The highest BCUT2D eigenvalue weighted by Gasteiger charge is 2.40. The predicted molar refractivity (Wildman–Crippen MR) is 100 cm³/mol. The van der Waals surface area contributed by atoms with Gasteiger partial charge in [-0.15, -0.1) is 0 Å². The van der Waals surface area contributed by atoms with Crippen LogP contribution >= 0.6 is 0 Å². The number of halogens is 4. The summed E-state index contributed by atoms with van der Waals surface area (Å²) < 4.78 is 64.2. The van der Waals surface area contributed by atoms with E-state index in [1.54, 1.807) is 13.0 Å². The highest BCUT2D eigenvalue weighted by atomic mass is 19.4. The standard InChI is InChI=1S/C20H18F4N2O4/c1-10-6-12-14(9-17(27)30-3)26(19(28)25-18(12)13(21)7-10)15-8-11(20(22,23)24)4-5-16(15)29-2/h4-8,14H,9H2,1-3H3,(H,25,28). The van der Waals surface area contributed by atoms with E-state index >= 15 is 0 Å². The molecule has 0 aliphatic carbocycles. The van der Waals surface area contributed by atoms with E-state index in [1.807, 2.05) is 0 Å². The number of urea groups is 1. The summed E-state index contributed by atoms with van der Waals surface area (Å²) in [6.07, 6.45) is -5.08. The fourth-order valence-electron chi connectivity index (χ4n) is 3.39. The minimum atomic E-state index is -4.67. The number of fused-ring (bicyclic) bond motifs is 1. The molecular formula is C20H18F4N2O4. The van der Waals surface area contributed by atoms with E-state index in [2.05, 4.69) is 10.1 Å². The predicted octanol–water partition coefficient (Wildman–Crippen LogP) is 4.82. The van der Waals surface area contributed by atoms with Gasteiger partial charge in [0.05, 0.1) is 43.6 Å². The number of nitrogens with zero attached hydrogens (tertiary/aromatic N) is 1. The summed E-state index contributed by atoms with van der Waals surface area (Å²) in [4.78, 5) is 25.9. The fourth-order valence-corrected chi connectivity index (χ4v) is 3.39. The van der Waals surface area contributed by atoms with Gasteiger partial charge in [0.25, 0.3) is 0 Å². The quantitative estimate of drug-likeness (QED) is 0.563. The molecule has 160 valence electrons. The summed E-state index contributed by atoms with van der Waals surface area (Å²) in [7, 11) is 2.37. The number of aryl methyl sites for hydroxylation is 1. The van der Waals surface area contributed by atoms with Gasteiger partial charge in [-0.1, -0.05) is 6.07 Å². The molecule has 3 rings (SSSR count). The molecule has 0 saturated heterocycles. The normalized spacial score (nSPS) is 16.0. The number of carbonyl (C=O) groups excluding carboxylic acids is 2. The molecule has 1 heterocycles. The van der Waals surface area contributed by atoms with Gasteiger partial charge in [-0.25, -0.2) is 9.18 Å². The average Bonchev–Trinajstić information content (AvgIpc) is 2.67. The van der Waals surface area contributed by atoms with Crippen molar-refractivity contribution < 1.29 is 36.6 Å². The molecule has 0 radical (unpaired) electrons. The van der Waals surface area contributed by atoms with Crippen molar-refractivity contribution in [2.24, 2.45) is 0 Å². The maximum atomic E-state index is 14.5. The minimum Gasteiger partial charge on any atom is -0.495 e. The largest absolute Gasteiger partial charge is 0.495 e. The van der Waals surface area contributed by atoms with E-state index in [1.165, 1.54) is 13.2 Å². The second kappa shape index (κ2) is 7.85. The Hall–Kier alpha value is -3.30. The van der Waals surface area contributed by atoms with Crippen LogP contribution in [0.5, 0.6) is 5.75 Å². The Bertz CT molecular complexity index is 1010. The number of rotatable bonds is 4. The third-order valence-electron chi connectivity index (χ3n) is 4.74. The third kappa shape index (κ3) is 3.89. The van der Waals surface area contributed by atoms with Crippen molar-refractivity contribution >= 4 is 23.4 Å². The lowest BCUT2D eigenvalue weighted by molar-refractivity contribution is -0.141. The first-order valence-corrected chi connectivity index (χ1v) is 8.79. The van der Waals surface area contributed by atoms with Gasteiger partial charge >= 0.3 is 18.2 Å². The molecule has 1 N–H and O–H groups in total. The molecule has 0 spiro atoms. The van der Waals surface area contributed by atoms with Crippen molar-refractivity contribution in [3.8, 4) is 5.75 Å². The van der Waals surface area contributed by atoms with Crippen LogP contribution in [-0.2, 0) is 15.7 Å². The van der Waals surface area contributed by atoms with Gasteiger partial charge in [0.2, 0.25) is 0 Å². The van der Waals surface area contributed by atoms with Crippen LogP contribution in [0.4, 0.5) is 33.7 Å². The second-order valence-electron chi connectivity index (χ2n) is 6.69. The molecule has 1 aliphatic heterocycles. The van der Waals surface area contributed by atoms with E-state index in [9.17, 15) is 27.2 Å². The van der Waals surface area contributed by atoms with Gasteiger partial charge in [-0.2, -0.15) is 13.2 Å². The average molecular weight is 426 g/mol. The Morgan fingerprint density at radius 2 is 1.90 bits per heavy atom. The van der Waals surface area contributed by atoms with Crippen LogP contribution in [0, 0.1) is 12.7 Å². The Morgan fingerprint density at radius 3 is 2.50 bits per heavy atom. The Labute approximate surface area is 169 Å². The van der Waals surface area contributed by atoms with Crippen LogP contribution < -0.4 is 15.0 Å². The molecule has 0 bridgehead atoms. The molecule has 1 atom stereocenters. The molecule has 6 nitrogen and oxygen atoms in total. The molecule has 10 heteroatoms. The molecule has 1 unspecified atom stereocenters. The number of alkyl halides is 3. The smallest absolute Gasteiger partial charge is 0.416 e. The number of nitrogens with one attached hydrogen (secondary N) is 1. The maximum Gasteiger partial charge on any atom is 0.416 e. The van der Waals surface area contributed by atoms with Crippen LogP contribution in [0.1, 0.15) is 29.2 Å². The van der Waals surface area contributed by atoms with Crippen molar-refractivity contribution in [1.29, 1.82) is 0 Å². The van der Waals surface area contributed by atoms with Crippen LogP contribution in [0.2, 0.25) is 0 Å². The van der Waals surface area contributed by atoms with Gasteiger partial charge in [0.1, 0.15) is 11.6 Å². The van der Waals surface area contributed by atoms with Crippen LogP contribution in [0.3, 0.4) is 0 Å². The van der Waals surface area contributed by atoms with Crippen molar-refractivity contribution in [2.45, 2.75) is 25.6 Å². The molecular weight excluding hydrogens is 408 g/mol. The van der Waals surface area contributed by atoms with Crippen molar-refractivity contribution in [1.82, 2.24) is 0 Å². The fraction of sp³-hybridized carbons (Fsp3) is 0.300. The van der Waals surface area contributed by atoms with Crippen molar-refractivity contribution in [3.05, 3.63) is 52.8 Å². The number of methoxy groups -OCH3 is 2. The zero-order valence-corrected chi connectivity index (χ0v) is 16.3. The number of hydrogen-bond acceptors (Lipinski definition) is 4. The topological polar surface area (TPSA) is 67.9 Å². The first kappa shape index (κ1) is 21.4. The van der Waals surface area contributed by atoms with Gasteiger partial charge in [-0.3, -0.25) is 9.69 Å². The zero-order valence-electron chi connectivity index (χ0n) is 16.3. The van der Waals surface area contributed by atoms with Crippen LogP contribution in [-0.4, -0.2) is 26.2 Å². The van der Waals surface area contributed by atoms with Crippen molar-refractivity contribution in [3.63, 3.8) is 0 Å². The minimum absolute atomic E-state index is 0.0235. The first-order valence-electron chi connectivity index (χ1n) is 8.79. The summed E-state index contributed by atoms with van der Waals surface area (Å²) in [6.45, 7) is 1.62. The summed E-state index contributed by atoms with van der Waals surface area (Å²) in [5.41, 5.74) is -0.623. The summed E-state index contributed by atoms with van der Waals surface area (Å²) in [5, 5.41) is 2.36. The van der Waals surface area contributed by atoms with Gasteiger partial charge in [0.15, 0.2) is 0 Å². The van der Waals surface area contributed by atoms with Crippen molar-refractivity contribution in [2.75, 3.05) is 24.4 Å². The zero-order chi connectivity index (χ0) is 22.2. The summed E-state index contributed by atoms with van der Waals surface area (Å²) >= 11 is 0. The highest BCUT2D eigenvalue weighted by Crippen LogP contribution is 2.45. The third-order valence-corrected chi connectivity index (χ3v) is 4.74. The van der Waals surface area contributed by atoms with Crippen LogP contribution in [0.25, 0.3) is 0 Å². The highest BCUT2D eigenvalue weighted by molar-refractivity contribution is 6.06. The molecule has 0 fully saturated rings. The Morgan fingerprint density at radius 1 is 1.20 bits per heavy atom. The van der Waals surface area contributed by atoms with E-state index in [4.69, 9.17) is 4.74 Å². The molecule has 30 heavy (non-hydrogen) atoms. The van der Waals surface area contributed by atoms with E-state index in [-0.39, 0.29) is 22.7 Å².